The van der Waals surface area contributed by atoms with Crippen LogP contribution in [0.25, 0.3) is 11.3 Å². The highest BCUT2D eigenvalue weighted by molar-refractivity contribution is 5.67. The molecule has 1 unspecified atom stereocenters. The first kappa shape index (κ1) is 17.3. The summed E-state index contributed by atoms with van der Waals surface area (Å²) in [5.41, 5.74) is 9.45. The van der Waals surface area contributed by atoms with Crippen molar-refractivity contribution >= 4 is 5.82 Å². The summed E-state index contributed by atoms with van der Waals surface area (Å²) < 4.78 is 6.10. The summed E-state index contributed by atoms with van der Waals surface area (Å²) in [6.07, 6.45) is 8.78. The third-order valence-electron chi connectivity index (χ3n) is 5.76. The molecule has 1 atom stereocenters. The van der Waals surface area contributed by atoms with Crippen molar-refractivity contribution < 1.29 is 4.74 Å². The van der Waals surface area contributed by atoms with E-state index in [0.717, 1.165) is 31.0 Å². The minimum Gasteiger partial charge on any atom is -0.494 e. The van der Waals surface area contributed by atoms with Crippen LogP contribution < -0.4 is 15.8 Å². The van der Waals surface area contributed by atoms with Gasteiger partial charge in [-0.25, -0.2) is 4.98 Å². The molecule has 3 N–H and O–H groups in total. The Labute approximate surface area is 156 Å². The summed E-state index contributed by atoms with van der Waals surface area (Å²) in [4.78, 5) is 4.55. The first-order valence-corrected chi connectivity index (χ1v) is 10.0. The zero-order chi connectivity index (χ0) is 17.8. The van der Waals surface area contributed by atoms with Gasteiger partial charge < -0.3 is 15.8 Å². The first-order valence-electron chi connectivity index (χ1n) is 10.0. The molecule has 1 saturated carbocycles. The normalized spacial score (nSPS) is 20.5. The van der Waals surface area contributed by atoms with E-state index in [4.69, 9.17) is 10.5 Å². The van der Waals surface area contributed by atoms with Gasteiger partial charge in [0.2, 0.25) is 0 Å². The van der Waals surface area contributed by atoms with Crippen molar-refractivity contribution in [3.05, 3.63) is 42.0 Å². The van der Waals surface area contributed by atoms with Crippen LogP contribution in [0.15, 0.2) is 36.4 Å². The summed E-state index contributed by atoms with van der Waals surface area (Å²) in [5.74, 6) is 2.16. The van der Waals surface area contributed by atoms with Gasteiger partial charge in [-0.1, -0.05) is 18.9 Å². The summed E-state index contributed by atoms with van der Waals surface area (Å²) in [6, 6.07) is 13.0. The van der Waals surface area contributed by atoms with E-state index in [1.165, 1.54) is 49.7 Å². The van der Waals surface area contributed by atoms with Crippen LogP contribution in [0.5, 0.6) is 5.75 Å². The molecule has 1 aromatic carbocycles. The van der Waals surface area contributed by atoms with Crippen LogP contribution in [0, 0.1) is 0 Å². The number of nitrogen functional groups attached to an aromatic ring is 1. The average Bonchev–Trinajstić information content (AvgIpc) is 3.36. The second-order valence-corrected chi connectivity index (χ2v) is 7.61. The zero-order valence-corrected chi connectivity index (χ0v) is 15.4. The summed E-state index contributed by atoms with van der Waals surface area (Å²) in [7, 11) is 0. The molecule has 0 radical (unpaired) electrons. The quantitative estimate of drug-likeness (QED) is 0.804. The SMILES string of the molecule is Nc1cccc(-c2ccc(OCCC3CCCN3)cc2C2CCCC2)n1. The highest BCUT2D eigenvalue weighted by Crippen LogP contribution is 2.40. The second-order valence-electron chi connectivity index (χ2n) is 7.61. The molecule has 138 valence electrons. The van der Waals surface area contributed by atoms with E-state index < -0.39 is 0 Å². The van der Waals surface area contributed by atoms with E-state index in [2.05, 4.69) is 34.6 Å². The number of nitrogens with zero attached hydrogens (tertiary/aromatic N) is 1. The van der Waals surface area contributed by atoms with E-state index >= 15 is 0 Å². The fourth-order valence-corrected chi connectivity index (χ4v) is 4.36. The lowest BCUT2D eigenvalue weighted by Crippen LogP contribution is -2.23. The van der Waals surface area contributed by atoms with Gasteiger partial charge in [-0.3, -0.25) is 0 Å². The lowest BCUT2D eigenvalue weighted by molar-refractivity contribution is 0.292. The van der Waals surface area contributed by atoms with Crippen LogP contribution in [-0.4, -0.2) is 24.2 Å². The Morgan fingerprint density at radius 1 is 1.08 bits per heavy atom. The van der Waals surface area contributed by atoms with E-state index in [9.17, 15) is 0 Å². The minimum absolute atomic E-state index is 0.573. The van der Waals surface area contributed by atoms with Gasteiger partial charge >= 0.3 is 0 Å². The molecule has 0 spiro atoms. The van der Waals surface area contributed by atoms with Crippen LogP contribution in [0.1, 0.15) is 56.4 Å². The Bertz CT molecular complexity index is 734. The summed E-state index contributed by atoms with van der Waals surface area (Å²) >= 11 is 0. The summed E-state index contributed by atoms with van der Waals surface area (Å²) in [6.45, 7) is 1.93. The monoisotopic (exact) mass is 351 g/mol. The standard InChI is InChI=1S/C22H29N3O/c23-22-9-3-8-21(25-22)19-11-10-18(15-20(19)16-5-1-2-6-16)26-14-12-17-7-4-13-24-17/h3,8-11,15-17,24H,1-2,4-7,12-14H2,(H2,23,25). The van der Waals surface area contributed by atoms with Crippen molar-refractivity contribution in [2.75, 3.05) is 18.9 Å². The predicted octanol–water partition coefficient (Wildman–Crippen LogP) is 4.51. The Hall–Kier alpha value is -2.07. The van der Waals surface area contributed by atoms with Crippen LogP contribution >= 0.6 is 0 Å². The van der Waals surface area contributed by atoms with E-state index in [1.807, 2.05) is 12.1 Å². The number of nitrogens with one attached hydrogen (secondary N) is 1. The number of ether oxygens (including phenoxy) is 1. The number of aromatic nitrogens is 1. The molecule has 1 aliphatic carbocycles. The van der Waals surface area contributed by atoms with E-state index in [0.29, 0.717) is 17.8 Å². The third kappa shape index (κ3) is 4.01. The molecule has 2 aliphatic rings. The molecule has 2 heterocycles. The van der Waals surface area contributed by atoms with Gasteiger partial charge in [0.15, 0.2) is 0 Å². The van der Waals surface area contributed by atoms with Crippen molar-refractivity contribution in [2.24, 2.45) is 0 Å². The molecular formula is C22H29N3O. The van der Waals surface area contributed by atoms with Gasteiger partial charge in [0.25, 0.3) is 0 Å². The van der Waals surface area contributed by atoms with Gasteiger partial charge in [-0.2, -0.15) is 0 Å². The zero-order valence-electron chi connectivity index (χ0n) is 15.4. The number of hydrogen-bond donors (Lipinski definition) is 2. The molecule has 4 heteroatoms. The van der Waals surface area contributed by atoms with E-state index in [-0.39, 0.29) is 0 Å². The number of pyridine rings is 1. The lowest BCUT2D eigenvalue weighted by atomic mass is 9.91. The minimum atomic E-state index is 0.573. The van der Waals surface area contributed by atoms with Crippen LogP contribution in [0.2, 0.25) is 0 Å². The van der Waals surface area contributed by atoms with Crippen molar-refractivity contribution in [2.45, 2.75) is 56.9 Å². The molecule has 2 aromatic rings. The van der Waals surface area contributed by atoms with Gasteiger partial charge in [0, 0.05) is 11.6 Å². The molecule has 1 saturated heterocycles. The third-order valence-corrected chi connectivity index (χ3v) is 5.76. The molecule has 0 amide bonds. The lowest BCUT2D eigenvalue weighted by Gasteiger charge is -2.18. The fourth-order valence-electron chi connectivity index (χ4n) is 4.36. The average molecular weight is 351 g/mol. The maximum atomic E-state index is 6.10. The topological polar surface area (TPSA) is 60.2 Å². The van der Waals surface area contributed by atoms with Crippen LogP contribution in [-0.2, 0) is 0 Å². The maximum Gasteiger partial charge on any atom is 0.124 e. The van der Waals surface area contributed by atoms with Crippen molar-refractivity contribution in [3.8, 4) is 17.0 Å². The molecule has 1 aliphatic heterocycles. The second kappa shape index (κ2) is 8.09. The van der Waals surface area contributed by atoms with Gasteiger partial charge in [0.05, 0.1) is 12.3 Å². The molecule has 2 fully saturated rings. The molecule has 4 nitrogen and oxygen atoms in total. The van der Waals surface area contributed by atoms with E-state index in [1.54, 1.807) is 0 Å². The van der Waals surface area contributed by atoms with Crippen molar-refractivity contribution in [1.29, 1.82) is 0 Å². The van der Waals surface area contributed by atoms with Gasteiger partial charge in [-0.05, 0) is 80.5 Å². The molecular weight excluding hydrogens is 322 g/mol. The highest BCUT2D eigenvalue weighted by Gasteiger charge is 2.22. The molecule has 1 aromatic heterocycles. The fraction of sp³-hybridized carbons (Fsp3) is 0.500. The Morgan fingerprint density at radius 3 is 2.73 bits per heavy atom. The smallest absolute Gasteiger partial charge is 0.124 e. The van der Waals surface area contributed by atoms with Gasteiger partial charge in [-0.15, -0.1) is 0 Å². The number of benzene rings is 1. The summed E-state index contributed by atoms with van der Waals surface area (Å²) in [5, 5.41) is 3.53. The maximum absolute atomic E-state index is 6.10. The molecule has 4 rings (SSSR count). The Morgan fingerprint density at radius 2 is 1.96 bits per heavy atom. The van der Waals surface area contributed by atoms with Crippen LogP contribution in [0.4, 0.5) is 5.82 Å². The van der Waals surface area contributed by atoms with Crippen LogP contribution in [0.3, 0.4) is 0 Å². The highest BCUT2D eigenvalue weighted by atomic mass is 16.5. The largest absolute Gasteiger partial charge is 0.494 e. The van der Waals surface area contributed by atoms with Crippen molar-refractivity contribution in [3.63, 3.8) is 0 Å². The number of anilines is 1. The Balaban J connectivity index is 1.54. The Kier molecular flexibility index (Phi) is 5.40. The molecule has 26 heavy (non-hydrogen) atoms. The van der Waals surface area contributed by atoms with Gasteiger partial charge in [0.1, 0.15) is 11.6 Å². The molecule has 0 bridgehead atoms. The predicted molar refractivity (Wildman–Crippen MR) is 106 cm³/mol. The number of nitrogens with two attached hydrogens (primary N) is 1. The van der Waals surface area contributed by atoms with Crippen molar-refractivity contribution in [1.82, 2.24) is 10.3 Å². The number of rotatable bonds is 6. The number of hydrogen-bond acceptors (Lipinski definition) is 4. The first-order chi connectivity index (χ1) is 12.8.